The Morgan fingerprint density at radius 3 is 2.28 bits per heavy atom. The fraction of sp³-hybridized carbons (Fsp3) is 0. The van der Waals surface area contributed by atoms with E-state index in [1.807, 2.05) is 17.5 Å². The van der Waals surface area contributed by atoms with Crippen molar-refractivity contribution in [2.24, 2.45) is 0 Å². The molecule has 2 aromatic carbocycles. The molecule has 1 heterocycles. The third-order valence-electron chi connectivity index (χ3n) is 4.36. The summed E-state index contributed by atoms with van der Waals surface area (Å²) in [6.45, 7) is 0. The van der Waals surface area contributed by atoms with Gasteiger partial charge in [-0.1, -0.05) is 30.3 Å². The topological polar surface area (TPSA) is 75.3 Å². The Morgan fingerprint density at radius 2 is 1.59 bits per heavy atom. The fourth-order valence-electron chi connectivity index (χ4n) is 3.04. The Morgan fingerprint density at radius 1 is 0.897 bits per heavy atom. The van der Waals surface area contributed by atoms with Crippen LogP contribution in [0.15, 0.2) is 66.1 Å². The highest BCUT2D eigenvalue weighted by molar-refractivity contribution is 7.80. The van der Waals surface area contributed by atoms with Crippen molar-refractivity contribution in [1.29, 1.82) is 0 Å². The van der Waals surface area contributed by atoms with Gasteiger partial charge in [-0.25, -0.2) is 0 Å². The van der Waals surface area contributed by atoms with Gasteiger partial charge in [-0.2, -0.15) is 0 Å². The summed E-state index contributed by atoms with van der Waals surface area (Å²) in [6, 6.07) is 15.4. The summed E-state index contributed by atoms with van der Waals surface area (Å²) in [7, 11) is 0. The van der Waals surface area contributed by atoms with E-state index in [-0.39, 0.29) is 22.6 Å². The maximum Gasteiger partial charge on any atom is 0.250 e. The molecule has 1 aromatic heterocycles. The number of thiocarbonyl (C=S) groups is 1. The van der Waals surface area contributed by atoms with Crippen LogP contribution in [0, 0.1) is 0 Å². The lowest BCUT2D eigenvalue weighted by atomic mass is 9.84. The third kappa shape index (κ3) is 3.91. The van der Waals surface area contributed by atoms with Crippen LogP contribution < -0.4 is 10.6 Å². The number of benzene rings is 2. The van der Waals surface area contributed by atoms with Crippen LogP contribution in [0.1, 0.15) is 36.7 Å². The van der Waals surface area contributed by atoms with Crippen molar-refractivity contribution in [3.05, 3.63) is 93.2 Å². The Balaban J connectivity index is 1.48. The molecular formula is C22H14N2O3S2. The van der Waals surface area contributed by atoms with Crippen LogP contribution in [0.5, 0.6) is 0 Å². The second-order valence-corrected chi connectivity index (χ2v) is 7.64. The van der Waals surface area contributed by atoms with Crippen molar-refractivity contribution in [1.82, 2.24) is 5.32 Å². The molecule has 4 rings (SSSR count). The molecule has 2 N–H and O–H groups in total. The molecule has 0 atom stereocenters. The van der Waals surface area contributed by atoms with E-state index in [0.717, 1.165) is 4.88 Å². The van der Waals surface area contributed by atoms with E-state index in [0.29, 0.717) is 27.9 Å². The van der Waals surface area contributed by atoms with Crippen molar-refractivity contribution in [2.45, 2.75) is 0 Å². The molecular weight excluding hydrogens is 404 g/mol. The summed E-state index contributed by atoms with van der Waals surface area (Å²) in [5, 5.41) is 7.45. The first-order chi connectivity index (χ1) is 14.0. The number of hydrogen-bond donors (Lipinski definition) is 2. The molecule has 1 aliphatic rings. The number of carbonyl (C=O) groups excluding carboxylic acids is 3. The normalized spacial score (nSPS) is 12.4. The van der Waals surface area contributed by atoms with Crippen molar-refractivity contribution in [3.8, 4) is 0 Å². The van der Waals surface area contributed by atoms with E-state index < -0.39 is 0 Å². The van der Waals surface area contributed by atoms with Crippen LogP contribution in [0.3, 0.4) is 0 Å². The molecule has 142 valence electrons. The molecule has 0 aliphatic heterocycles. The van der Waals surface area contributed by atoms with E-state index in [1.165, 1.54) is 17.4 Å². The van der Waals surface area contributed by atoms with Gasteiger partial charge < -0.3 is 5.32 Å². The van der Waals surface area contributed by atoms with Crippen molar-refractivity contribution < 1.29 is 14.4 Å². The third-order valence-corrected chi connectivity index (χ3v) is 5.40. The van der Waals surface area contributed by atoms with Gasteiger partial charge in [0.05, 0.1) is 0 Å². The van der Waals surface area contributed by atoms with Gasteiger partial charge in [-0.05, 0) is 47.9 Å². The molecule has 3 aromatic rings. The number of amides is 1. The average molecular weight is 418 g/mol. The lowest BCUT2D eigenvalue weighted by Gasteiger charge is -2.18. The number of nitrogens with one attached hydrogen (secondary N) is 2. The van der Waals surface area contributed by atoms with E-state index in [1.54, 1.807) is 48.5 Å². The summed E-state index contributed by atoms with van der Waals surface area (Å²) >= 11 is 6.69. The van der Waals surface area contributed by atoms with E-state index in [4.69, 9.17) is 12.2 Å². The molecule has 1 amide bonds. The number of thiophene rings is 1. The summed E-state index contributed by atoms with van der Waals surface area (Å²) in [5.74, 6) is -0.766. The Bertz CT molecular complexity index is 1180. The highest BCUT2D eigenvalue weighted by atomic mass is 32.1. The SMILES string of the molecule is O=C(C=Cc1cccs1)NC(=S)Nc1ccc2c(c1)C(=O)c1ccccc1C2=O. The van der Waals surface area contributed by atoms with Gasteiger partial charge in [0.15, 0.2) is 16.7 Å². The highest BCUT2D eigenvalue weighted by Crippen LogP contribution is 2.29. The summed E-state index contributed by atoms with van der Waals surface area (Å²) in [4.78, 5) is 38.4. The standard InChI is InChI=1S/C22H14N2O3S2/c25-19(10-8-14-4-3-11-29-14)24-22(28)23-13-7-9-17-18(12-13)21(27)16-6-2-1-5-15(16)20(17)26/h1-12H,(H2,23,24,25,28). The monoisotopic (exact) mass is 418 g/mol. The predicted octanol–water partition coefficient (Wildman–Crippen LogP) is 4.05. The zero-order valence-corrected chi connectivity index (χ0v) is 16.6. The van der Waals surface area contributed by atoms with Gasteiger partial charge in [0.25, 0.3) is 0 Å². The second-order valence-electron chi connectivity index (χ2n) is 6.26. The van der Waals surface area contributed by atoms with Crippen LogP contribution >= 0.6 is 23.6 Å². The minimum absolute atomic E-state index is 0.0979. The first kappa shape index (κ1) is 18.9. The predicted molar refractivity (Wildman–Crippen MR) is 117 cm³/mol. The van der Waals surface area contributed by atoms with Crippen molar-refractivity contribution in [2.75, 3.05) is 5.32 Å². The zero-order chi connectivity index (χ0) is 20.4. The molecule has 0 fully saturated rings. The summed E-state index contributed by atoms with van der Waals surface area (Å²) < 4.78 is 0. The number of hydrogen-bond acceptors (Lipinski definition) is 5. The minimum Gasteiger partial charge on any atom is -0.332 e. The number of rotatable bonds is 3. The minimum atomic E-state index is -0.367. The van der Waals surface area contributed by atoms with Gasteiger partial charge in [0, 0.05) is 38.9 Å². The number of anilines is 1. The van der Waals surface area contributed by atoms with Gasteiger partial charge >= 0.3 is 0 Å². The maximum atomic E-state index is 12.8. The number of carbonyl (C=O) groups is 3. The van der Waals surface area contributed by atoms with E-state index >= 15 is 0 Å². The Hall–Kier alpha value is -3.42. The van der Waals surface area contributed by atoms with Gasteiger partial charge in [-0.3, -0.25) is 19.7 Å². The molecule has 0 unspecified atom stereocenters. The van der Waals surface area contributed by atoms with Crippen molar-refractivity contribution in [3.63, 3.8) is 0 Å². The molecule has 0 radical (unpaired) electrons. The first-order valence-corrected chi connectivity index (χ1v) is 9.98. The number of ketones is 2. The maximum absolute atomic E-state index is 12.8. The smallest absolute Gasteiger partial charge is 0.250 e. The lowest BCUT2D eigenvalue weighted by molar-refractivity contribution is -0.115. The Labute approximate surface area is 176 Å². The highest BCUT2D eigenvalue weighted by Gasteiger charge is 2.29. The first-order valence-electron chi connectivity index (χ1n) is 8.69. The number of fused-ring (bicyclic) bond motifs is 2. The largest absolute Gasteiger partial charge is 0.332 e. The van der Waals surface area contributed by atoms with E-state index in [2.05, 4.69) is 10.6 Å². The quantitative estimate of drug-likeness (QED) is 0.388. The van der Waals surface area contributed by atoms with Gasteiger partial charge in [-0.15, -0.1) is 11.3 Å². The zero-order valence-electron chi connectivity index (χ0n) is 15.0. The molecule has 7 heteroatoms. The molecule has 0 saturated heterocycles. The Kier molecular flexibility index (Phi) is 5.16. The van der Waals surface area contributed by atoms with Gasteiger partial charge in [0.1, 0.15) is 0 Å². The average Bonchev–Trinajstić information content (AvgIpc) is 3.24. The van der Waals surface area contributed by atoms with Crippen LogP contribution in [0.2, 0.25) is 0 Å². The summed E-state index contributed by atoms with van der Waals surface area (Å²) in [6.07, 6.45) is 3.09. The van der Waals surface area contributed by atoms with E-state index in [9.17, 15) is 14.4 Å². The van der Waals surface area contributed by atoms with Crippen LogP contribution in [-0.2, 0) is 4.79 Å². The second kappa shape index (κ2) is 7.90. The molecule has 1 aliphatic carbocycles. The van der Waals surface area contributed by atoms with Crippen LogP contribution in [0.4, 0.5) is 5.69 Å². The van der Waals surface area contributed by atoms with Crippen LogP contribution in [0.25, 0.3) is 6.08 Å². The molecule has 0 spiro atoms. The van der Waals surface area contributed by atoms with Crippen LogP contribution in [-0.4, -0.2) is 22.6 Å². The summed E-state index contributed by atoms with van der Waals surface area (Å²) in [5.41, 5.74) is 1.97. The fourth-order valence-corrected chi connectivity index (χ4v) is 3.87. The molecule has 0 saturated carbocycles. The molecule has 29 heavy (non-hydrogen) atoms. The molecule has 5 nitrogen and oxygen atoms in total. The van der Waals surface area contributed by atoms with Crippen molar-refractivity contribution >= 4 is 57.9 Å². The lowest BCUT2D eigenvalue weighted by Crippen LogP contribution is -2.33. The molecule has 0 bridgehead atoms. The van der Waals surface area contributed by atoms with Gasteiger partial charge in [0.2, 0.25) is 5.91 Å².